The third-order valence-corrected chi connectivity index (χ3v) is 4.87. The normalized spacial score (nSPS) is 25.7. The topological polar surface area (TPSA) is 91.4 Å². The number of esters is 1. The Bertz CT molecular complexity index is 627. The highest BCUT2D eigenvalue weighted by molar-refractivity contribution is 5.88. The zero-order valence-corrected chi connectivity index (χ0v) is 19.2. The second kappa shape index (κ2) is 13.5. The number of carbonyl (C=O) groups is 3. The van der Waals surface area contributed by atoms with Gasteiger partial charge in [0.2, 0.25) is 5.91 Å². The summed E-state index contributed by atoms with van der Waals surface area (Å²) in [5, 5.41) is 0. The van der Waals surface area contributed by atoms with E-state index in [2.05, 4.69) is 0 Å². The molecule has 0 spiro atoms. The summed E-state index contributed by atoms with van der Waals surface area (Å²) >= 11 is 0. The predicted molar refractivity (Wildman–Crippen MR) is 112 cm³/mol. The second-order valence-corrected chi connectivity index (χ2v) is 7.68. The maximum absolute atomic E-state index is 14.5. The lowest BCUT2D eigenvalue weighted by Gasteiger charge is -2.32. The lowest BCUT2D eigenvalue weighted by Crippen LogP contribution is -2.51. The Hall–Kier alpha value is -1.84. The Morgan fingerprint density at radius 1 is 1.10 bits per heavy atom. The molecule has 0 unspecified atom stereocenters. The molecule has 0 aliphatic carbocycles. The number of nitrogens with zero attached hydrogens (tertiary/aromatic N) is 1. The fourth-order valence-electron chi connectivity index (χ4n) is 3.26. The highest BCUT2D eigenvalue weighted by Gasteiger charge is 2.60. The zero-order valence-electron chi connectivity index (χ0n) is 19.2. The predicted octanol–water partition coefficient (Wildman–Crippen LogP) is 2.94. The van der Waals surface area contributed by atoms with Crippen molar-refractivity contribution in [3.63, 3.8) is 0 Å². The van der Waals surface area contributed by atoms with E-state index in [1.165, 1.54) is 33.0 Å². The fourth-order valence-corrected chi connectivity index (χ4v) is 3.26. The number of unbranched alkanes of at least 4 members (excludes halogenated alkanes) is 2. The molecule has 1 amide bonds. The van der Waals surface area contributed by atoms with Gasteiger partial charge < -0.3 is 18.9 Å². The first-order chi connectivity index (χ1) is 14.7. The molecule has 1 rings (SSSR count). The van der Waals surface area contributed by atoms with E-state index in [0.29, 0.717) is 19.6 Å². The van der Waals surface area contributed by atoms with E-state index in [4.69, 9.17) is 18.9 Å². The van der Waals surface area contributed by atoms with Crippen LogP contribution >= 0.6 is 0 Å². The van der Waals surface area contributed by atoms with E-state index in [1.807, 2.05) is 13.8 Å². The van der Waals surface area contributed by atoms with Gasteiger partial charge in [0.25, 0.3) is 0 Å². The van der Waals surface area contributed by atoms with Crippen LogP contribution in [0.4, 0.5) is 4.39 Å². The van der Waals surface area contributed by atoms with E-state index in [1.54, 1.807) is 0 Å². The smallest absolute Gasteiger partial charge is 0.303 e. The average Bonchev–Trinajstić information content (AvgIpc) is 2.98. The third kappa shape index (κ3) is 7.97. The van der Waals surface area contributed by atoms with Gasteiger partial charge in [0.15, 0.2) is 23.7 Å². The Kier molecular flexibility index (Phi) is 11.9. The quantitative estimate of drug-likeness (QED) is 0.231. The molecule has 1 fully saturated rings. The summed E-state index contributed by atoms with van der Waals surface area (Å²) in [7, 11) is 0. The summed E-state index contributed by atoms with van der Waals surface area (Å²) in [6.07, 6.45) is 2.45. The average molecular weight is 446 g/mol. The molecular weight excluding hydrogens is 409 g/mol. The first-order valence-electron chi connectivity index (χ1n) is 10.8. The molecule has 0 N–H and O–H groups in total. The molecule has 0 aromatic heterocycles. The van der Waals surface area contributed by atoms with Gasteiger partial charge >= 0.3 is 5.97 Å². The highest BCUT2D eigenvalue weighted by Crippen LogP contribution is 2.38. The number of ether oxygens (including phenoxy) is 4. The van der Waals surface area contributed by atoms with Gasteiger partial charge in [-0.15, -0.1) is 0 Å². The SMILES string of the molecule is CCCCOC[C@@]1(CF)O[C@@H](N(/C=C\C(C)=O)C(C)=O)[C@H](OC(C)=O)[C@@H]1OCCCC. The van der Waals surface area contributed by atoms with E-state index in [-0.39, 0.29) is 12.4 Å². The van der Waals surface area contributed by atoms with Gasteiger partial charge in [-0.05, 0) is 25.8 Å². The molecule has 0 saturated carbocycles. The van der Waals surface area contributed by atoms with Gasteiger partial charge in [-0.3, -0.25) is 19.3 Å². The van der Waals surface area contributed by atoms with Gasteiger partial charge in [0.1, 0.15) is 12.8 Å². The number of hydrogen-bond donors (Lipinski definition) is 0. The number of rotatable bonds is 14. The van der Waals surface area contributed by atoms with Crippen LogP contribution in [0.15, 0.2) is 12.3 Å². The number of halogens is 1. The molecule has 8 nitrogen and oxygen atoms in total. The van der Waals surface area contributed by atoms with Crippen molar-refractivity contribution in [3.8, 4) is 0 Å². The first kappa shape index (κ1) is 27.2. The van der Waals surface area contributed by atoms with Crippen LogP contribution in [0.3, 0.4) is 0 Å². The molecule has 0 aromatic rings. The number of amides is 1. The van der Waals surface area contributed by atoms with Crippen LogP contribution in [0.1, 0.15) is 60.3 Å². The van der Waals surface area contributed by atoms with Crippen LogP contribution < -0.4 is 0 Å². The highest BCUT2D eigenvalue weighted by atomic mass is 19.1. The standard InChI is InChI=1S/C22H36FNO7/c1-6-8-12-28-15-22(14-23)20(29-13-9-7-2)19(30-18(5)27)21(31-22)24(17(4)26)11-10-16(3)25/h10-11,19-21H,6-9,12-15H2,1-5H3/b11-10-/t19-,20+,21-,22-/m1/s1. The molecular formula is C22H36FNO7. The number of carbonyl (C=O) groups excluding carboxylic acids is 3. The zero-order chi connectivity index (χ0) is 23.4. The summed E-state index contributed by atoms with van der Waals surface area (Å²) in [5.41, 5.74) is -1.57. The van der Waals surface area contributed by atoms with Crippen molar-refractivity contribution < 1.29 is 37.7 Å². The van der Waals surface area contributed by atoms with Crippen molar-refractivity contribution in [2.75, 3.05) is 26.5 Å². The maximum atomic E-state index is 14.5. The summed E-state index contributed by atoms with van der Waals surface area (Å²) < 4.78 is 37.6. The fraction of sp³-hybridized carbons (Fsp3) is 0.773. The molecule has 0 radical (unpaired) electrons. The number of ketones is 1. The van der Waals surface area contributed by atoms with Crippen molar-refractivity contribution >= 4 is 17.7 Å². The van der Waals surface area contributed by atoms with Crippen LogP contribution in [0.5, 0.6) is 0 Å². The molecule has 9 heteroatoms. The monoisotopic (exact) mass is 445 g/mol. The Morgan fingerprint density at radius 3 is 2.26 bits per heavy atom. The minimum atomic E-state index is -1.57. The van der Waals surface area contributed by atoms with Gasteiger partial charge in [-0.1, -0.05) is 26.7 Å². The summed E-state index contributed by atoms with van der Waals surface area (Å²) in [4.78, 5) is 36.7. The van der Waals surface area contributed by atoms with Crippen molar-refractivity contribution in [2.45, 2.75) is 84.3 Å². The van der Waals surface area contributed by atoms with E-state index in [9.17, 15) is 18.8 Å². The maximum Gasteiger partial charge on any atom is 0.303 e. The van der Waals surface area contributed by atoms with Gasteiger partial charge in [-0.2, -0.15) is 0 Å². The van der Waals surface area contributed by atoms with Crippen molar-refractivity contribution in [2.24, 2.45) is 0 Å². The Balaban J connectivity index is 3.34. The second-order valence-electron chi connectivity index (χ2n) is 7.68. The number of alkyl halides is 1. The molecule has 178 valence electrons. The molecule has 0 aromatic carbocycles. The van der Waals surface area contributed by atoms with Crippen LogP contribution in [0.2, 0.25) is 0 Å². The molecule has 4 atom stereocenters. The van der Waals surface area contributed by atoms with Gasteiger partial charge in [0.05, 0.1) is 6.61 Å². The van der Waals surface area contributed by atoms with Crippen LogP contribution in [0.25, 0.3) is 0 Å². The summed E-state index contributed by atoms with van der Waals surface area (Å²) in [6.45, 7) is 7.44. The lowest BCUT2D eigenvalue weighted by atomic mass is 9.96. The Morgan fingerprint density at radius 2 is 1.74 bits per heavy atom. The molecule has 1 aliphatic rings. The molecule has 1 aliphatic heterocycles. The van der Waals surface area contributed by atoms with Crippen LogP contribution in [0, 0.1) is 0 Å². The van der Waals surface area contributed by atoms with Gasteiger partial charge in [-0.25, -0.2) is 4.39 Å². The molecule has 1 heterocycles. The lowest BCUT2D eigenvalue weighted by molar-refractivity contribution is -0.173. The summed E-state index contributed by atoms with van der Waals surface area (Å²) in [5.74, 6) is -1.37. The molecule has 0 bridgehead atoms. The summed E-state index contributed by atoms with van der Waals surface area (Å²) in [6, 6.07) is 0. The number of hydrogen-bond acceptors (Lipinski definition) is 7. The number of allylic oxidation sites excluding steroid dienone is 1. The van der Waals surface area contributed by atoms with Crippen LogP contribution in [-0.2, 0) is 33.3 Å². The van der Waals surface area contributed by atoms with Crippen molar-refractivity contribution in [1.82, 2.24) is 4.90 Å². The van der Waals surface area contributed by atoms with Gasteiger partial charge in [0, 0.05) is 33.3 Å². The van der Waals surface area contributed by atoms with E-state index < -0.39 is 42.6 Å². The van der Waals surface area contributed by atoms with Crippen molar-refractivity contribution in [3.05, 3.63) is 12.3 Å². The van der Waals surface area contributed by atoms with Crippen LogP contribution in [-0.4, -0.2) is 73.1 Å². The first-order valence-corrected chi connectivity index (χ1v) is 10.8. The minimum absolute atomic E-state index is 0.128. The third-order valence-electron chi connectivity index (χ3n) is 4.87. The van der Waals surface area contributed by atoms with Crippen molar-refractivity contribution in [1.29, 1.82) is 0 Å². The van der Waals surface area contributed by atoms with E-state index >= 15 is 0 Å². The molecule has 1 saturated heterocycles. The molecule has 31 heavy (non-hydrogen) atoms. The van der Waals surface area contributed by atoms with E-state index in [0.717, 1.165) is 24.2 Å². The minimum Gasteiger partial charge on any atom is -0.455 e. The largest absolute Gasteiger partial charge is 0.455 e. The Labute approximate surface area is 184 Å².